The Bertz CT molecular complexity index is 492. The van der Waals surface area contributed by atoms with Crippen LogP contribution in [0.5, 0.6) is 0 Å². The van der Waals surface area contributed by atoms with E-state index in [1.54, 1.807) is 26.2 Å². The highest BCUT2D eigenvalue weighted by Crippen LogP contribution is 2.25. The second-order valence-electron chi connectivity index (χ2n) is 4.20. The third kappa shape index (κ3) is 4.70. The van der Waals surface area contributed by atoms with Crippen LogP contribution in [0.4, 0.5) is 5.69 Å². The largest absolute Gasteiger partial charge is 0.480 e. The van der Waals surface area contributed by atoms with Crippen molar-refractivity contribution >= 4 is 40.8 Å². The molecule has 0 heterocycles. The summed E-state index contributed by atoms with van der Waals surface area (Å²) in [6.45, 7) is 0. The number of carboxylic acid groups (broad SMARTS) is 1. The third-order valence-corrected chi connectivity index (χ3v) is 3.23. The molecular formula is C12H14Cl2N2O3. The molecule has 0 fully saturated rings. The van der Waals surface area contributed by atoms with E-state index in [-0.39, 0.29) is 6.42 Å². The summed E-state index contributed by atoms with van der Waals surface area (Å²) in [5.41, 5.74) is 0.474. The number of carbonyl (C=O) groups excluding carboxylic acids is 1. The van der Waals surface area contributed by atoms with E-state index in [2.05, 4.69) is 5.32 Å². The second-order valence-corrected chi connectivity index (χ2v) is 5.01. The van der Waals surface area contributed by atoms with Crippen LogP contribution in [0.25, 0.3) is 0 Å². The molecule has 0 bridgehead atoms. The summed E-state index contributed by atoms with van der Waals surface area (Å²) in [7, 11) is 3.20. The molecule has 0 aromatic heterocycles. The SMILES string of the molecule is CN(C)C(CC(=O)Nc1ccc(Cl)c(Cl)c1)C(=O)O. The topological polar surface area (TPSA) is 69.6 Å². The minimum absolute atomic E-state index is 0.150. The molecule has 19 heavy (non-hydrogen) atoms. The van der Waals surface area contributed by atoms with Gasteiger partial charge in [0.25, 0.3) is 0 Å². The maximum Gasteiger partial charge on any atom is 0.321 e. The number of benzene rings is 1. The Labute approximate surface area is 121 Å². The smallest absolute Gasteiger partial charge is 0.321 e. The van der Waals surface area contributed by atoms with Crippen LogP contribution in [0, 0.1) is 0 Å². The molecular weight excluding hydrogens is 291 g/mol. The average Bonchev–Trinajstić information content (AvgIpc) is 2.30. The molecule has 1 aromatic carbocycles. The summed E-state index contributed by atoms with van der Waals surface area (Å²) < 4.78 is 0. The zero-order valence-electron chi connectivity index (χ0n) is 10.5. The fourth-order valence-corrected chi connectivity index (χ4v) is 1.75. The van der Waals surface area contributed by atoms with Crippen LogP contribution in [-0.2, 0) is 9.59 Å². The molecule has 2 N–H and O–H groups in total. The standard InChI is InChI=1S/C12H14Cl2N2O3/c1-16(2)10(12(18)19)6-11(17)15-7-3-4-8(13)9(14)5-7/h3-5,10H,6H2,1-2H3,(H,15,17)(H,18,19). The predicted molar refractivity (Wildman–Crippen MR) is 74.8 cm³/mol. The van der Waals surface area contributed by atoms with Gasteiger partial charge in [0.15, 0.2) is 0 Å². The Hall–Kier alpha value is -1.30. The molecule has 1 rings (SSSR count). The van der Waals surface area contributed by atoms with Gasteiger partial charge >= 0.3 is 5.97 Å². The number of anilines is 1. The van der Waals surface area contributed by atoms with E-state index in [1.165, 1.54) is 11.0 Å². The van der Waals surface area contributed by atoms with Gasteiger partial charge in [0.1, 0.15) is 6.04 Å². The summed E-state index contributed by atoms with van der Waals surface area (Å²) in [5, 5.41) is 12.3. The minimum atomic E-state index is -1.05. The van der Waals surface area contributed by atoms with Gasteiger partial charge in [-0.1, -0.05) is 23.2 Å². The summed E-state index contributed by atoms with van der Waals surface area (Å²) in [4.78, 5) is 24.2. The van der Waals surface area contributed by atoms with Crippen molar-refractivity contribution in [1.29, 1.82) is 0 Å². The molecule has 0 aliphatic carbocycles. The number of nitrogens with one attached hydrogen (secondary N) is 1. The van der Waals surface area contributed by atoms with Crippen LogP contribution >= 0.6 is 23.2 Å². The van der Waals surface area contributed by atoms with Crippen LogP contribution in [0.15, 0.2) is 18.2 Å². The fraction of sp³-hybridized carbons (Fsp3) is 0.333. The number of nitrogens with zero attached hydrogens (tertiary/aromatic N) is 1. The summed E-state index contributed by atoms with van der Waals surface area (Å²) in [5.74, 6) is -1.45. The summed E-state index contributed by atoms with van der Waals surface area (Å²) >= 11 is 11.6. The van der Waals surface area contributed by atoms with Crippen LogP contribution < -0.4 is 5.32 Å². The van der Waals surface area contributed by atoms with E-state index >= 15 is 0 Å². The van der Waals surface area contributed by atoms with E-state index in [1.807, 2.05) is 0 Å². The first-order valence-electron chi connectivity index (χ1n) is 5.45. The van der Waals surface area contributed by atoms with Gasteiger partial charge in [-0.3, -0.25) is 14.5 Å². The fourth-order valence-electron chi connectivity index (χ4n) is 1.45. The lowest BCUT2D eigenvalue weighted by atomic mass is 10.2. The Morgan fingerprint density at radius 2 is 1.95 bits per heavy atom. The Balaban J connectivity index is 2.69. The Kier molecular flexibility index (Phi) is 5.60. The highest BCUT2D eigenvalue weighted by Gasteiger charge is 2.23. The minimum Gasteiger partial charge on any atom is -0.480 e. The van der Waals surface area contributed by atoms with E-state index in [4.69, 9.17) is 28.3 Å². The molecule has 0 saturated heterocycles. The number of halogens is 2. The van der Waals surface area contributed by atoms with Gasteiger partial charge in [-0.05, 0) is 32.3 Å². The molecule has 5 nitrogen and oxygen atoms in total. The second kappa shape index (κ2) is 6.75. The van der Waals surface area contributed by atoms with Crippen LogP contribution in [0.3, 0.4) is 0 Å². The maximum atomic E-state index is 11.8. The van der Waals surface area contributed by atoms with Crippen molar-refractivity contribution in [1.82, 2.24) is 4.90 Å². The highest BCUT2D eigenvalue weighted by atomic mass is 35.5. The number of rotatable bonds is 5. The van der Waals surface area contributed by atoms with E-state index in [0.717, 1.165) is 0 Å². The first-order valence-corrected chi connectivity index (χ1v) is 6.21. The molecule has 1 unspecified atom stereocenters. The van der Waals surface area contributed by atoms with Gasteiger partial charge in [-0.15, -0.1) is 0 Å². The van der Waals surface area contributed by atoms with E-state index in [9.17, 15) is 9.59 Å². The number of hydrogen-bond acceptors (Lipinski definition) is 3. The predicted octanol–water partition coefficient (Wildman–Crippen LogP) is 2.34. The molecule has 0 spiro atoms. The number of carbonyl (C=O) groups is 2. The lowest BCUT2D eigenvalue weighted by Gasteiger charge is -2.19. The number of carboxylic acids is 1. The normalized spacial score (nSPS) is 12.3. The number of likely N-dealkylation sites (N-methyl/N-ethyl adjacent to an activating group) is 1. The molecule has 0 radical (unpaired) electrons. The Morgan fingerprint density at radius 1 is 1.32 bits per heavy atom. The first-order chi connectivity index (χ1) is 8.81. The molecule has 0 aliphatic rings. The lowest BCUT2D eigenvalue weighted by Crippen LogP contribution is -2.38. The van der Waals surface area contributed by atoms with Gasteiger partial charge in [0.2, 0.25) is 5.91 Å². The van der Waals surface area contributed by atoms with Gasteiger partial charge in [-0.25, -0.2) is 0 Å². The van der Waals surface area contributed by atoms with Crippen molar-refractivity contribution in [3.05, 3.63) is 28.2 Å². The molecule has 1 amide bonds. The number of amides is 1. The van der Waals surface area contributed by atoms with Crippen molar-refractivity contribution in [2.75, 3.05) is 19.4 Å². The summed E-state index contributed by atoms with van der Waals surface area (Å²) in [6.07, 6.45) is -0.150. The molecule has 0 saturated carbocycles. The molecule has 7 heteroatoms. The van der Waals surface area contributed by atoms with Gasteiger partial charge < -0.3 is 10.4 Å². The molecule has 0 aliphatic heterocycles. The molecule has 1 atom stereocenters. The van der Waals surface area contributed by atoms with Crippen molar-refractivity contribution in [3.63, 3.8) is 0 Å². The van der Waals surface area contributed by atoms with Crippen molar-refractivity contribution in [2.45, 2.75) is 12.5 Å². The third-order valence-electron chi connectivity index (χ3n) is 2.49. The maximum absolute atomic E-state index is 11.8. The number of aliphatic carboxylic acids is 1. The zero-order chi connectivity index (χ0) is 14.6. The molecule has 104 valence electrons. The van der Waals surface area contributed by atoms with Gasteiger partial charge in [-0.2, -0.15) is 0 Å². The van der Waals surface area contributed by atoms with Gasteiger partial charge in [0.05, 0.1) is 16.5 Å². The van der Waals surface area contributed by atoms with Gasteiger partial charge in [0, 0.05) is 5.69 Å². The van der Waals surface area contributed by atoms with E-state index in [0.29, 0.717) is 15.7 Å². The quantitative estimate of drug-likeness (QED) is 0.876. The lowest BCUT2D eigenvalue weighted by molar-refractivity contribution is -0.144. The monoisotopic (exact) mass is 304 g/mol. The number of hydrogen-bond donors (Lipinski definition) is 2. The van der Waals surface area contributed by atoms with Crippen LogP contribution in [-0.4, -0.2) is 42.0 Å². The van der Waals surface area contributed by atoms with Crippen molar-refractivity contribution in [3.8, 4) is 0 Å². The van der Waals surface area contributed by atoms with Crippen LogP contribution in [0.2, 0.25) is 10.0 Å². The van der Waals surface area contributed by atoms with Crippen molar-refractivity contribution < 1.29 is 14.7 Å². The molecule has 1 aromatic rings. The van der Waals surface area contributed by atoms with Crippen LogP contribution in [0.1, 0.15) is 6.42 Å². The zero-order valence-corrected chi connectivity index (χ0v) is 12.0. The Morgan fingerprint density at radius 3 is 2.42 bits per heavy atom. The average molecular weight is 305 g/mol. The summed E-state index contributed by atoms with van der Waals surface area (Å²) in [6, 6.07) is 3.79. The highest BCUT2D eigenvalue weighted by molar-refractivity contribution is 6.42. The van der Waals surface area contributed by atoms with Crippen molar-refractivity contribution in [2.24, 2.45) is 0 Å². The van der Waals surface area contributed by atoms with E-state index < -0.39 is 17.9 Å². The first kappa shape index (κ1) is 15.8.